The van der Waals surface area contributed by atoms with Gasteiger partial charge >= 0.3 is 0 Å². The number of halogens is 1. The van der Waals surface area contributed by atoms with Gasteiger partial charge in [-0.2, -0.15) is 0 Å². The lowest BCUT2D eigenvalue weighted by Crippen LogP contribution is -2.13. The second-order valence-electron chi connectivity index (χ2n) is 7.81. The lowest BCUT2D eigenvalue weighted by molar-refractivity contribution is 0.288. The van der Waals surface area contributed by atoms with Crippen molar-refractivity contribution in [2.75, 3.05) is 6.61 Å². The zero-order chi connectivity index (χ0) is 17.9. The molecule has 0 atom stereocenters. The number of hydrogen-bond donors (Lipinski definition) is 0. The quantitative estimate of drug-likeness (QED) is 0.373. The van der Waals surface area contributed by atoms with Crippen molar-refractivity contribution in [3.05, 3.63) is 29.6 Å². The van der Waals surface area contributed by atoms with E-state index < -0.39 is 0 Å². The van der Waals surface area contributed by atoms with Crippen molar-refractivity contribution in [1.29, 1.82) is 0 Å². The Balaban J connectivity index is 1.73. The van der Waals surface area contributed by atoms with Crippen molar-refractivity contribution in [1.82, 2.24) is 0 Å². The van der Waals surface area contributed by atoms with Crippen LogP contribution in [0.5, 0.6) is 5.75 Å². The van der Waals surface area contributed by atoms with Crippen LogP contribution in [-0.2, 0) is 0 Å². The zero-order valence-corrected chi connectivity index (χ0v) is 16.4. The minimum absolute atomic E-state index is 0.181. The summed E-state index contributed by atoms with van der Waals surface area (Å²) in [6.45, 7) is 5.13. The van der Waals surface area contributed by atoms with E-state index in [0.717, 1.165) is 12.3 Å². The van der Waals surface area contributed by atoms with Crippen LogP contribution in [0.4, 0.5) is 4.39 Å². The van der Waals surface area contributed by atoms with E-state index in [1.165, 1.54) is 76.2 Å². The van der Waals surface area contributed by atoms with E-state index in [2.05, 4.69) is 19.9 Å². The van der Waals surface area contributed by atoms with E-state index in [4.69, 9.17) is 4.74 Å². The molecule has 1 fully saturated rings. The maximum Gasteiger partial charge on any atom is 0.165 e. The lowest BCUT2D eigenvalue weighted by atomic mass is 9.77. The van der Waals surface area contributed by atoms with Gasteiger partial charge in [0.05, 0.1) is 6.61 Å². The van der Waals surface area contributed by atoms with Crippen LogP contribution in [-0.4, -0.2) is 6.61 Å². The molecule has 25 heavy (non-hydrogen) atoms. The number of unbranched alkanes of at least 4 members (excludes halogenated alkanes) is 5. The maximum absolute atomic E-state index is 14.4. The zero-order valence-electron chi connectivity index (χ0n) is 16.4. The average Bonchev–Trinajstić information content (AvgIpc) is 2.63. The third-order valence-electron chi connectivity index (χ3n) is 5.73. The first kappa shape index (κ1) is 20.3. The second kappa shape index (κ2) is 11.5. The van der Waals surface area contributed by atoms with Gasteiger partial charge in [-0.25, -0.2) is 4.39 Å². The first-order chi connectivity index (χ1) is 12.2. The molecule has 1 aromatic rings. The Morgan fingerprint density at radius 3 is 2.32 bits per heavy atom. The van der Waals surface area contributed by atoms with E-state index in [-0.39, 0.29) is 5.82 Å². The molecular weight excluding hydrogens is 311 g/mol. The average molecular weight is 349 g/mol. The van der Waals surface area contributed by atoms with Gasteiger partial charge in [0.2, 0.25) is 0 Å². The number of benzene rings is 1. The predicted octanol–water partition coefficient (Wildman–Crippen LogP) is 7.64. The molecule has 1 saturated carbocycles. The van der Waals surface area contributed by atoms with Crippen molar-refractivity contribution in [2.45, 2.75) is 96.8 Å². The van der Waals surface area contributed by atoms with Crippen molar-refractivity contribution in [2.24, 2.45) is 5.92 Å². The summed E-state index contributed by atoms with van der Waals surface area (Å²) in [6.07, 6.45) is 15.0. The van der Waals surface area contributed by atoms with Crippen LogP contribution in [0, 0.1) is 11.7 Å². The molecule has 0 aliphatic heterocycles. The van der Waals surface area contributed by atoms with Crippen LogP contribution in [0.3, 0.4) is 0 Å². The van der Waals surface area contributed by atoms with Crippen LogP contribution in [0.1, 0.15) is 102 Å². The molecule has 2 heteroatoms. The highest BCUT2D eigenvalue weighted by molar-refractivity contribution is 5.31. The summed E-state index contributed by atoms with van der Waals surface area (Å²) in [4.78, 5) is 0. The monoisotopic (exact) mass is 348 g/mol. The molecular formula is C23H37FO. The molecule has 1 nitrogen and oxygen atoms in total. The fraction of sp³-hybridized carbons (Fsp3) is 0.739. The SMILES string of the molecule is CCCCCCCCOc1ccc(C2CCC(CCC)CC2)cc1F. The third kappa shape index (κ3) is 6.99. The first-order valence-corrected chi connectivity index (χ1v) is 10.7. The Bertz CT molecular complexity index is 477. The van der Waals surface area contributed by atoms with Gasteiger partial charge in [-0.3, -0.25) is 0 Å². The smallest absolute Gasteiger partial charge is 0.165 e. The Morgan fingerprint density at radius 2 is 1.64 bits per heavy atom. The van der Waals surface area contributed by atoms with Crippen LogP contribution < -0.4 is 4.74 Å². The minimum Gasteiger partial charge on any atom is -0.491 e. The summed E-state index contributed by atoms with van der Waals surface area (Å²) in [6, 6.07) is 5.66. The third-order valence-corrected chi connectivity index (χ3v) is 5.73. The van der Waals surface area contributed by atoms with E-state index in [9.17, 15) is 4.39 Å². The molecule has 0 unspecified atom stereocenters. The number of rotatable bonds is 11. The summed E-state index contributed by atoms with van der Waals surface area (Å²) < 4.78 is 20.0. The van der Waals surface area contributed by atoms with Gasteiger partial charge in [0.15, 0.2) is 11.6 Å². The molecule has 0 radical (unpaired) electrons. The van der Waals surface area contributed by atoms with Crippen molar-refractivity contribution in [3.8, 4) is 5.75 Å². The van der Waals surface area contributed by atoms with Gasteiger partial charge < -0.3 is 4.74 Å². The molecule has 0 amide bonds. The van der Waals surface area contributed by atoms with Crippen LogP contribution in [0.25, 0.3) is 0 Å². The van der Waals surface area contributed by atoms with E-state index >= 15 is 0 Å². The van der Waals surface area contributed by atoms with Crippen molar-refractivity contribution in [3.63, 3.8) is 0 Å². The molecule has 0 aromatic heterocycles. The highest BCUT2D eigenvalue weighted by Crippen LogP contribution is 2.38. The largest absolute Gasteiger partial charge is 0.491 e. The van der Waals surface area contributed by atoms with E-state index in [1.54, 1.807) is 6.07 Å². The molecule has 1 aliphatic carbocycles. The first-order valence-electron chi connectivity index (χ1n) is 10.7. The maximum atomic E-state index is 14.4. The van der Waals surface area contributed by atoms with Crippen LogP contribution in [0.15, 0.2) is 18.2 Å². The Kier molecular flexibility index (Phi) is 9.36. The van der Waals surface area contributed by atoms with Gasteiger partial charge in [-0.1, -0.05) is 64.9 Å². The summed E-state index contributed by atoms with van der Waals surface area (Å²) in [5, 5.41) is 0. The van der Waals surface area contributed by atoms with Gasteiger partial charge in [-0.05, 0) is 61.6 Å². The standard InChI is InChI=1S/C23H37FO/c1-3-5-6-7-8-9-17-25-23-16-15-21(18-22(23)24)20-13-11-19(10-4-2)12-14-20/h15-16,18-20H,3-14,17H2,1-2H3. The molecule has 0 bridgehead atoms. The van der Waals surface area contributed by atoms with Crippen molar-refractivity contribution < 1.29 is 9.13 Å². The Morgan fingerprint density at radius 1 is 0.920 bits per heavy atom. The van der Waals surface area contributed by atoms with Gasteiger partial charge in [-0.15, -0.1) is 0 Å². The van der Waals surface area contributed by atoms with E-state index in [1.807, 2.05) is 6.07 Å². The highest BCUT2D eigenvalue weighted by Gasteiger charge is 2.22. The van der Waals surface area contributed by atoms with Gasteiger partial charge in [0.25, 0.3) is 0 Å². The fourth-order valence-electron chi connectivity index (χ4n) is 4.15. The molecule has 0 saturated heterocycles. The minimum atomic E-state index is -0.181. The molecule has 1 aliphatic rings. The molecule has 2 rings (SSSR count). The molecule has 0 spiro atoms. The lowest BCUT2D eigenvalue weighted by Gasteiger charge is -2.28. The van der Waals surface area contributed by atoms with E-state index in [0.29, 0.717) is 18.3 Å². The highest BCUT2D eigenvalue weighted by atomic mass is 19.1. The molecule has 0 N–H and O–H groups in total. The summed E-state index contributed by atoms with van der Waals surface area (Å²) >= 11 is 0. The second-order valence-corrected chi connectivity index (χ2v) is 7.81. The summed E-state index contributed by atoms with van der Waals surface area (Å²) in [5.74, 6) is 1.68. The summed E-state index contributed by atoms with van der Waals surface area (Å²) in [7, 11) is 0. The fourth-order valence-corrected chi connectivity index (χ4v) is 4.15. The van der Waals surface area contributed by atoms with Crippen LogP contribution in [0.2, 0.25) is 0 Å². The Labute approximate surface area is 154 Å². The number of hydrogen-bond acceptors (Lipinski definition) is 1. The van der Waals surface area contributed by atoms with Gasteiger partial charge in [0, 0.05) is 0 Å². The molecule has 142 valence electrons. The Hall–Kier alpha value is -1.05. The molecule has 0 heterocycles. The van der Waals surface area contributed by atoms with Crippen molar-refractivity contribution >= 4 is 0 Å². The van der Waals surface area contributed by atoms with Gasteiger partial charge in [0.1, 0.15) is 0 Å². The normalized spacial score (nSPS) is 20.6. The molecule has 1 aromatic carbocycles. The predicted molar refractivity (Wildman–Crippen MR) is 105 cm³/mol. The number of ether oxygens (including phenoxy) is 1. The summed E-state index contributed by atoms with van der Waals surface area (Å²) in [5.41, 5.74) is 1.17. The topological polar surface area (TPSA) is 9.23 Å². The van der Waals surface area contributed by atoms with Crippen LogP contribution >= 0.6 is 0 Å².